The molecule has 0 aliphatic carbocycles. The summed E-state index contributed by atoms with van der Waals surface area (Å²) < 4.78 is 28.2. The van der Waals surface area contributed by atoms with Crippen molar-refractivity contribution in [1.29, 1.82) is 0 Å². The molecule has 2 aromatic carbocycles. The molecule has 156 valence electrons. The molecule has 0 radical (unpaired) electrons. The minimum Gasteiger partial charge on any atom is -0.378 e. The second-order valence-electron chi connectivity index (χ2n) is 7.40. The number of rotatable bonds is 5. The monoisotopic (exact) mass is 441 g/mol. The minimum atomic E-state index is -3.78. The Labute approximate surface area is 180 Å². The Balaban J connectivity index is 1.65. The molecular formula is C22H23N3O3S2. The summed E-state index contributed by atoms with van der Waals surface area (Å²) in [6.07, 6.45) is 0.336. The smallest absolute Gasteiger partial charge is 0.253 e. The zero-order valence-corrected chi connectivity index (χ0v) is 18.4. The lowest BCUT2D eigenvalue weighted by atomic mass is 9.95. The molecule has 0 saturated heterocycles. The molecule has 0 fully saturated rings. The van der Waals surface area contributed by atoms with Crippen molar-refractivity contribution < 1.29 is 13.2 Å². The lowest BCUT2D eigenvalue weighted by Gasteiger charge is -2.34. The molecular weight excluding hydrogens is 418 g/mol. The molecule has 4 rings (SSSR count). The van der Waals surface area contributed by atoms with E-state index in [0.717, 1.165) is 28.2 Å². The minimum absolute atomic E-state index is 0.175. The molecule has 1 aromatic heterocycles. The molecule has 0 saturated carbocycles. The summed E-state index contributed by atoms with van der Waals surface area (Å²) in [5.41, 5.74) is 3.58. The van der Waals surface area contributed by atoms with Gasteiger partial charge in [-0.1, -0.05) is 30.3 Å². The SMILES string of the molecule is CN(C)c1ccc(NC(=O)[C@@H]2Cc3ccccc3CN2S(=O)(=O)c2cccs2)cc1. The van der Waals surface area contributed by atoms with Crippen molar-refractivity contribution in [2.24, 2.45) is 0 Å². The summed E-state index contributed by atoms with van der Waals surface area (Å²) in [4.78, 5) is 15.2. The topological polar surface area (TPSA) is 69.7 Å². The van der Waals surface area contributed by atoms with Gasteiger partial charge in [-0.2, -0.15) is 4.31 Å². The van der Waals surface area contributed by atoms with Gasteiger partial charge in [0, 0.05) is 32.0 Å². The first kappa shape index (κ1) is 20.6. The van der Waals surface area contributed by atoms with Crippen molar-refractivity contribution in [2.45, 2.75) is 23.2 Å². The van der Waals surface area contributed by atoms with Crippen LogP contribution in [-0.4, -0.2) is 38.8 Å². The van der Waals surface area contributed by atoms with Gasteiger partial charge in [0.15, 0.2) is 0 Å². The molecule has 3 aromatic rings. The van der Waals surface area contributed by atoms with E-state index in [2.05, 4.69) is 5.32 Å². The Hall–Kier alpha value is -2.68. The zero-order valence-electron chi connectivity index (χ0n) is 16.8. The summed E-state index contributed by atoms with van der Waals surface area (Å²) >= 11 is 1.16. The zero-order chi connectivity index (χ0) is 21.3. The number of nitrogens with zero attached hydrogens (tertiary/aromatic N) is 2. The van der Waals surface area contributed by atoms with Crippen LogP contribution in [0, 0.1) is 0 Å². The van der Waals surface area contributed by atoms with Crippen LogP contribution in [0.5, 0.6) is 0 Å². The van der Waals surface area contributed by atoms with E-state index in [1.54, 1.807) is 17.5 Å². The van der Waals surface area contributed by atoms with Crippen LogP contribution in [0.4, 0.5) is 11.4 Å². The highest BCUT2D eigenvalue weighted by molar-refractivity contribution is 7.91. The lowest BCUT2D eigenvalue weighted by molar-refractivity contribution is -0.120. The maximum atomic E-state index is 13.3. The standard InChI is InChI=1S/C22H23N3O3S2/c1-24(2)19-11-9-18(10-12-19)23-22(26)20-14-16-6-3-4-7-17(16)15-25(20)30(27,28)21-8-5-13-29-21/h3-13,20H,14-15H2,1-2H3,(H,23,26)/t20-/m0/s1. The van der Waals surface area contributed by atoms with Crippen LogP contribution in [0.3, 0.4) is 0 Å². The summed E-state index contributed by atoms with van der Waals surface area (Å²) in [7, 11) is 0.108. The first-order valence-corrected chi connectivity index (χ1v) is 11.9. The van der Waals surface area contributed by atoms with Gasteiger partial charge in [-0.3, -0.25) is 4.79 Å². The van der Waals surface area contributed by atoms with Crippen LogP contribution >= 0.6 is 11.3 Å². The van der Waals surface area contributed by atoms with Crippen molar-refractivity contribution in [1.82, 2.24) is 4.31 Å². The van der Waals surface area contributed by atoms with Crippen molar-refractivity contribution in [2.75, 3.05) is 24.3 Å². The van der Waals surface area contributed by atoms with Gasteiger partial charge in [-0.05, 0) is 53.3 Å². The number of anilines is 2. The average Bonchev–Trinajstić information content (AvgIpc) is 3.29. The fourth-order valence-electron chi connectivity index (χ4n) is 3.57. The van der Waals surface area contributed by atoms with Crippen molar-refractivity contribution >= 4 is 38.6 Å². The van der Waals surface area contributed by atoms with E-state index in [1.807, 2.05) is 67.5 Å². The molecule has 30 heavy (non-hydrogen) atoms. The van der Waals surface area contributed by atoms with Crippen molar-refractivity contribution in [3.63, 3.8) is 0 Å². The molecule has 1 aliphatic rings. The van der Waals surface area contributed by atoms with Crippen LogP contribution < -0.4 is 10.2 Å². The van der Waals surface area contributed by atoms with Gasteiger partial charge in [0.2, 0.25) is 5.91 Å². The predicted molar refractivity (Wildman–Crippen MR) is 120 cm³/mol. The second-order valence-corrected chi connectivity index (χ2v) is 10.5. The Kier molecular flexibility index (Phi) is 5.64. The summed E-state index contributed by atoms with van der Waals surface area (Å²) in [5.74, 6) is -0.331. The highest BCUT2D eigenvalue weighted by Gasteiger charge is 2.40. The molecule has 1 N–H and O–H groups in total. The Morgan fingerprint density at radius 2 is 1.73 bits per heavy atom. The Morgan fingerprint density at radius 1 is 1.03 bits per heavy atom. The van der Waals surface area contributed by atoms with Gasteiger partial charge < -0.3 is 10.2 Å². The maximum absolute atomic E-state index is 13.3. The summed E-state index contributed by atoms with van der Waals surface area (Å²) in [6, 6.07) is 17.6. The number of sulfonamides is 1. The third-order valence-electron chi connectivity index (χ3n) is 5.22. The van der Waals surface area contributed by atoms with Crippen LogP contribution in [0.25, 0.3) is 0 Å². The van der Waals surface area contributed by atoms with Gasteiger partial charge in [-0.15, -0.1) is 11.3 Å². The number of fused-ring (bicyclic) bond motifs is 1. The largest absolute Gasteiger partial charge is 0.378 e. The van der Waals surface area contributed by atoms with E-state index >= 15 is 0 Å². The van der Waals surface area contributed by atoms with Gasteiger partial charge in [0.05, 0.1) is 0 Å². The molecule has 0 bridgehead atoms. The third kappa shape index (κ3) is 3.98. The molecule has 1 amide bonds. The van der Waals surface area contributed by atoms with E-state index in [1.165, 1.54) is 4.31 Å². The van der Waals surface area contributed by atoms with Crippen LogP contribution in [0.15, 0.2) is 70.3 Å². The number of nitrogens with one attached hydrogen (secondary N) is 1. The molecule has 1 aliphatic heterocycles. The Bertz CT molecular complexity index is 1140. The number of benzene rings is 2. The van der Waals surface area contributed by atoms with Crippen LogP contribution in [0.2, 0.25) is 0 Å². The first-order valence-electron chi connectivity index (χ1n) is 9.56. The number of thiophene rings is 1. The predicted octanol–water partition coefficient (Wildman–Crippen LogP) is 3.57. The van der Waals surface area contributed by atoms with Crippen molar-refractivity contribution in [3.8, 4) is 0 Å². The summed E-state index contributed by atoms with van der Waals surface area (Å²) in [6.45, 7) is 0.175. The third-order valence-corrected chi connectivity index (χ3v) is 8.45. The lowest BCUT2D eigenvalue weighted by Crippen LogP contribution is -2.50. The molecule has 1 atom stereocenters. The molecule has 0 spiro atoms. The van der Waals surface area contributed by atoms with E-state index < -0.39 is 16.1 Å². The summed E-state index contributed by atoms with van der Waals surface area (Å²) in [5, 5.41) is 4.62. The number of hydrogen-bond donors (Lipinski definition) is 1. The van der Waals surface area contributed by atoms with Gasteiger partial charge in [-0.25, -0.2) is 8.42 Å². The fourth-order valence-corrected chi connectivity index (χ4v) is 6.25. The number of hydrogen-bond acceptors (Lipinski definition) is 5. The van der Waals surface area contributed by atoms with Gasteiger partial charge >= 0.3 is 0 Å². The van der Waals surface area contributed by atoms with E-state index in [0.29, 0.717) is 12.1 Å². The van der Waals surface area contributed by atoms with E-state index in [-0.39, 0.29) is 16.7 Å². The highest BCUT2D eigenvalue weighted by atomic mass is 32.2. The molecule has 2 heterocycles. The molecule has 0 unspecified atom stereocenters. The number of carbonyl (C=O) groups excluding carboxylic acids is 1. The normalized spacial score (nSPS) is 16.7. The maximum Gasteiger partial charge on any atom is 0.253 e. The average molecular weight is 442 g/mol. The molecule has 8 heteroatoms. The van der Waals surface area contributed by atoms with Crippen molar-refractivity contribution in [3.05, 3.63) is 77.2 Å². The van der Waals surface area contributed by atoms with E-state index in [4.69, 9.17) is 0 Å². The van der Waals surface area contributed by atoms with Gasteiger partial charge in [0.25, 0.3) is 10.0 Å². The van der Waals surface area contributed by atoms with Gasteiger partial charge in [0.1, 0.15) is 10.3 Å². The number of carbonyl (C=O) groups is 1. The number of amides is 1. The fraction of sp³-hybridized carbons (Fsp3) is 0.227. The Morgan fingerprint density at radius 3 is 2.37 bits per heavy atom. The quantitative estimate of drug-likeness (QED) is 0.657. The second kappa shape index (κ2) is 8.22. The first-order chi connectivity index (χ1) is 14.4. The van der Waals surface area contributed by atoms with Crippen LogP contribution in [0.1, 0.15) is 11.1 Å². The van der Waals surface area contributed by atoms with Crippen LogP contribution in [-0.2, 0) is 27.8 Å². The van der Waals surface area contributed by atoms with E-state index in [9.17, 15) is 13.2 Å². The highest BCUT2D eigenvalue weighted by Crippen LogP contribution is 2.31. The molecule has 6 nitrogen and oxygen atoms in total.